The molecule has 2 fully saturated rings. The number of nitrogens with zero attached hydrogens (tertiary/aromatic N) is 1. The van der Waals surface area contributed by atoms with Gasteiger partial charge in [-0.15, -0.1) is 0 Å². The first kappa shape index (κ1) is 17.3. The largest absolute Gasteiger partial charge is 0.365 e. The molecular formula is C18H26N2O3S. The van der Waals surface area contributed by atoms with E-state index in [2.05, 4.69) is 10.2 Å². The Bertz CT molecular complexity index is 716. The van der Waals surface area contributed by atoms with Gasteiger partial charge in [0, 0.05) is 36.0 Å². The Morgan fingerprint density at radius 3 is 2.38 bits per heavy atom. The van der Waals surface area contributed by atoms with Gasteiger partial charge in [0.2, 0.25) is 5.91 Å². The summed E-state index contributed by atoms with van der Waals surface area (Å²) in [5, 5.41) is 3.17. The summed E-state index contributed by atoms with van der Waals surface area (Å²) in [6, 6.07) is 8.22. The zero-order valence-corrected chi connectivity index (χ0v) is 15.3. The normalized spacial score (nSPS) is 26.7. The summed E-state index contributed by atoms with van der Waals surface area (Å²) < 4.78 is 23.6. The lowest BCUT2D eigenvalue weighted by molar-refractivity contribution is -0.124. The maximum absolute atomic E-state index is 12.0. The summed E-state index contributed by atoms with van der Waals surface area (Å²) in [5.41, 5.74) is 0.985. The predicted octanol–water partition coefficient (Wildman–Crippen LogP) is 2.36. The fraction of sp³-hybridized carbons (Fsp3) is 0.611. The number of fused-ring (bicyclic) bond motifs is 2. The van der Waals surface area contributed by atoms with Crippen molar-refractivity contribution in [3.63, 3.8) is 0 Å². The van der Waals surface area contributed by atoms with Gasteiger partial charge in [0.05, 0.1) is 4.90 Å². The molecule has 0 aromatic heterocycles. The van der Waals surface area contributed by atoms with Gasteiger partial charge in [-0.3, -0.25) is 4.79 Å². The number of carbonyl (C=O) groups is 1. The second kappa shape index (κ2) is 6.39. The number of anilines is 1. The summed E-state index contributed by atoms with van der Waals surface area (Å²) in [6.07, 6.45) is 5.30. The predicted molar refractivity (Wildman–Crippen MR) is 94.8 cm³/mol. The molecule has 1 N–H and O–H groups in total. The van der Waals surface area contributed by atoms with Crippen LogP contribution in [0.15, 0.2) is 29.2 Å². The molecule has 2 heterocycles. The van der Waals surface area contributed by atoms with Crippen LogP contribution in [-0.4, -0.2) is 38.7 Å². The van der Waals surface area contributed by atoms with Crippen LogP contribution in [0.5, 0.6) is 0 Å². The molecule has 24 heavy (non-hydrogen) atoms. The number of amides is 1. The minimum atomic E-state index is -3.20. The van der Waals surface area contributed by atoms with Crippen molar-refractivity contribution in [3.8, 4) is 0 Å². The van der Waals surface area contributed by atoms with Crippen molar-refractivity contribution >= 4 is 21.4 Å². The molecule has 2 unspecified atom stereocenters. The number of hydrogen-bond acceptors (Lipinski definition) is 4. The van der Waals surface area contributed by atoms with Gasteiger partial charge < -0.3 is 10.2 Å². The quantitative estimate of drug-likeness (QED) is 0.905. The van der Waals surface area contributed by atoms with E-state index in [9.17, 15) is 13.2 Å². The number of nitrogens with one attached hydrogen (secondary N) is 1. The van der Waals surface area contributed by atoms with Crippen LogP contribution in [0, 0.1) is 5.92 Å². The average molecular weight is 350 g/mol. The van der Waals surface area contributed by atoms with Gasteiger partial charge in [0.1, 0.15) is 0 Å². The van der Waals surface area contributed by atoms with Gasteiger partial charge >= 0.3 is 0 Å². The molecule has 0 saturated carbocycles. The second-order valence-electron chi connectivity index (χ2n) is 7.39. The summed E-state index contributed by atoms with van der Waals surface area (Å²) >= 11 is 0. The van der Waals surface area contributed by atoms with Crippen molar-refractivity contribution in [2.24, 2.45) is 5.92 Å². The molecular weight excluding hydrogens is 324 g/mol. The summed E-state index contributed by atoms with van der Waals surface area (Å²) in [5.74, 6) is 0.124. The maximum Gasteiger partial charge on any atom is 0.222 e. The van der Waals surface area contributed by atoms with E-state index in [-0.39, 0.29) is 17.9 Å². The third-order valence-electron chi connectivity index (χ3n) is 5.15. The minimum absolute atomic E-state index is 0.00660. The topological polar surface area (TPSA) is 66.5 Å². The molecule has 0 radical (unpaired) electrons. The molecule has 1 aromatic rings. The van der Waals surface area contributed by atoms with Crippen LogP contribution in [0.25, 0.3) is 0 Å². The molecule has 2 aliphatic rings. The van der Waals surface area contributed by atoms with Crippen molar-refractivity contribution in [2.45, 2.75) is 62.6 Å². The molecule has 2 bridgehead atoms. The molecule has 2 aliphatic heterocycles. The van der Waals surface area contributed by atoms with E-state index in [0.717, 1.165) is 31.4 Å². The van der Waals surface area contributed by atoms with E-state index in [1.54, 1.807) is 12.1 Å². The third-order valence-corrected chi connectivity index (χ3v) is 6.26. The molecule has 1 aromatic carbocycles. The van der Waals surface area contributed by atoms with Gasteiger partial charge in [-0.25, -0.2) is 8.42 Å². The highest BCUT2D eigenvalue weighted by Crippen LogP contribution is 2.39. The zero-order chi connectivity index (χ0) is 17.5. The Morgan fingerprint density at radius 2 is 1.83 bits per heavy atom. The number of sulfone groups is 1. The number of carbonyl (C=O) groups excluding carboxylic acids is 1. The minimum Gasteiger partial charge on any atom is -0.365 e. The van der Waals surface area contributed by atoms with Crippen LogP contribution in [0.1, 0.15) is 39.5 Å². The maximum atomic E-state index is 12.0. The molecule has 1 amide bonds. The van der Waals surface area contributed by atoms with Gasteiger partial charge in [0.15, 0.2) is 9.84 Å². The highest BCUT2D eigenvalue weighted by molar-refractivity contribution is 7.90. The van der Waals surface area contributed by atoms with E-state index in [1.165, 1.54) is 6.26 Å². The van der Waals surface area contributed by atoms with Crippen LogP contribution in [-0.2, 0) is 14.6 Å². The molecule has 6 heteroatoms. The summed E-state index contributed by atoms with van der Waals surface area (Å²) in [6.45, 7) is 3.82. The first-order valence-corrected chi connectivity index (χ1v) is 10.5. The molecule has 2 atom stereocenters. The molecule has 5 nitrogen and oxygen atoms in total. The van der Waals surface area contributed by atoms with Crippen LogP contribution in [0.3, 0.4) is 0 Å². The fourth-order valence-electron chi connectivity index (χ4n) is 3.96. The van der Waals surface area contributed by atoms with E-state index in [1.807, 2.05) is 26.0 Å². The average Bonchev–Trinajstić information content (AvgIpc) is 2.77. The number of hydrogen-bond donors (Lipinski definition) is 1. The Balaban J connectivity index is 1.77. The number of rotatable bonds is 4. The first-order chi connectivity index (χ1) is 11.3. The lowest BCUT2D eigenvalue weighted by Gasteiger charge is -2.41. The second-order valence-corrected chi connectivity index (χ2v) is 9.41. The van der Waals surface area contributed by atoms with Crippen LogP contribution < -0.4 is 10.2 Å². The fourth-order valence-corrected chi connectivity index (χ4v) is 4.62. The van der Waals surface area contributed by atoms with Gasteiger partial charge in [-0.1, -0.05) is 19.9 Å². The summed E-state index contributed by atoms with van der Waals surface area (Å²) in [7, 11) is -3.20. The number of piperidine rings is 1. The molecule has 0 aliphatic carbocycles. The van der Waals surface area contributed by atoms with E-state index < -0.39 is 9.84 Å². The van der Waals surface area contributed by atoms with Crippen molar-refractivity contribution < 1.29 is 13.2 Å². The smallest absolute Gasteiger partial charge is 0.222 e. The van der Waals surface area contributed by atoms with Crippen molar-refractivity contribution in [2.75, 3.05) is 11.2 Å². The van der Waals surface area contributed by atoms with E-state index >= 15 is 0 Å². The van der Waals surface area contributed by atoms with Crippen LogP contribution in [0.4, 0.5) is 5.69 Å². The highest BCUT2D eigenvalue weighted by Gasteiger charge is 2.41. The first-order valence-electron chi connectivity index (χ1n) is 8.64. The van der Waals surface area contributed by atoms with Crippen molar-refractivity contribution in [1.82, 2.24) is 5.32 Å². The zero-order valence-electron chi connectivity index (χ0n) is 14.5. The molecule has 2 saturated heterocycles. The monoisotopic (exact) mass is 350 g/mol. The standard InChI is InChI=1S/C18H26N2O3S/c1-12(2)18(21)19-13-9-15-7-8-16(10-13)20(15)14-5-4-6-17(11-14)24(3,22)23/h4-6,11-13,15-16H,7-10H2,1-3H3,(H,19,21). The van der Waals surface area contributed by atoms with Gasteiger partial charge in [-0.2, -0.15) is 0 Å². The third kappa shape index (κ3) is 3.43. The molecule has 3 rings (SSSR count). The lowest BCUT2D eigenvalue weighted by Crippen LogP contribution is -2.51. The van der Waals surface area contributed by atoms with Crippen molar-refractivity contribution in [1.29, 1.82) is 0 Å². The van der Waals surface area contributed by atoms with Gasteiger partial charge in [0.25, 0.3) is 0 Å². The Hall–Kier alpha value is -1.56. The SMILES string of the molecule is CC(C)C(=O)NC1CC2CCC(C1)N2c1cccc(S(C)(=O)=O)c1. The molecule has 0 spiro atoms. The highest BCUT2D eigenvalue weighted by atomic mass is 32.2. The molecule has 132 valence electrons. The van der Waals surface area contributed by atoms with E-state index in [0.29, 0.717) is 17.0 Å². The Labute approximate surface area is 144 Å². The van der Waals surface area contributed by atoms with Crippen LogP contribution in [0.2, 0.25) is 0 Å². The number of benzene rings is 1. The van der Waals surface area contributed by atoms with Crippen LogP contribution >= 0.6 is 0 Å². The Kier molecular flexibility index (Phi) is 4.60. The van der Waals surface area contributed by atoms with E-state index in [4.69, 9.17) is 0 Å². The van der Waals surface area contributed by atoms with Gasteiger partial charge in [-0.05, 0) is 43.9 Å². The summed E-state index contributed by atoms with van der Waals surface area (Å²) in [4.78, 5) is 14.7. The lowest BCUT2D eigenvalue weighted by atomic mass is 9.96. The van der Waals surface area contributed by atoms with Crippen molar-refractivity contribution in [3.05, 3.63) is 24.3 Å². The Morgan fingerprint density at radius 1 is 1.21 bits per heavy atom.